The van der Waals surface area contributed by atoms with Crippen LogP contribution in [0.3, 0.4) is 0 Å². The van der Waals surface area contributed by atoms with Crippen molar-refractivity contribution in [2.24, 2.45) is 17.3 Å². The third-order valence-electron chi connectivity index (χ3n) is 9.09. The van der Waals surface area contributed by atoms with Gasteiger partial charge in [-0.2, -0.15) is 0 Å². The summed E-state index contributed by atoms with van der Waals surface area (Å²) in [5.41, 5.74) is 5.31. The average Bonchev–Trinajstić information content (AvgIpc) is 3.12. The number of benzene rings is 3. The van der Waals surface area contributed by atoms with Crippen LogP contribution in [0, 0.1) is 31.1 Å². The smallest absolute Gasteiger partial charge is 0.338 e. The second-order valence-electron chi connectivity index (χ2n) is 11.7. The molecule has 0 spiro atoms. The zero-order valence-corrected chi connectivity index (χ0v) is 24.0. The van der Waals surface area contributed by atoms with Gasteiger partial charge in [-0.1, -0.05) is 97.8 Å². The standard InChI is InChI=1S/C36H38O4/c1-23-17-19-30-31(29-22-24(2)16-18-25(29)3)33(40-35(38)28-14-10-7-11-15-28)32(26(4)36(30,5)21-20-23)39-34(37)27-12-8-6-9-13-27/h6-20,22,26,30-33H,21H2,1-5H3. The first kappa shape index (κ1) is 27.6. The molecule has 4 heteroatoms. The van der Waals surface area contributed by atoms with Gasteiger partial charge in [0, 0.05) is 11.8 Å². The molecule has 0 bridgehead atoms. The molecule has 0 saturated heterocycles. The average molecular weight is 535 g/mol. The largest absolute Gasteiger partial charge is 0.454 e. The third kappa shape index (κ3) is 5.28. The van der Waals surface area contributed by atoms with E-state index in [2.05, 4.69) is 71.0 Å². The van der Waals surface area contributed by atoms with Crippen molar-refractivity contribution in [1.29, 1.82) is 0 Å². The molecule has 2 aliphatic rings. The Morgan fingerprint density at radius 2 is 1.38 bits per heavy atom. The molecule has 3 aromatic rings. The van der Waals surface area contributed by atoms with Crippen molar-refractivity contribution in [1.82, 2.24) is 0 Å². The number of ether oxygens (including phenoxy) is 2. The Labute approximate surface area is 237 Å². The van der Waals surface area contributed by atoms with E-state index in [1.165, 1.54) is 5.57 Å². The highest BCUT2D eigenvalue weighted by Crippen LogP contribution is 2.57. The molecule has 4 nitrogen and oxygen atoms in total. The Balaban J connectivity index is 1.67. The molecule has 0 radical (unpaired) electrons. The van der Waals surface area contributed by atoms with Gasteiger partial charge in [-0.15, -0.1) is 0 Å². The number of hydrogen-bond donors (Lipinski definition) is 0. The lowest BCUT2D eigenvalue weighted by atomic mass is 9.53. The Hall–Kier alpha value is -3.92. The molecule has 2 aliphatic carbocycles. The van der Waals surface area contributed by atoms with Crippen molar-refractivity contribution in [3.63, 3.8) is 0 Å². The van der Waals surface area contributed by atoms with Gasteiger partial charge in [0.1, 0.15) is 12.2 Å². The molecule has 206 valence electrons. The zero-order chi connectivity index (χ0) is 28.4. The predicted octanol–water partition coefficient (Wildman–Crippen LogP) is 8.02. The number of esters is 2. The number of rotatable bonds is 5. The summed E-state index contributed by atoms with van der Waals surface area (Å²) in [4.78, 5) is 27.1. The van der Waals surface area contributed by atoms with Crippen LogP contribution in [0.25, 0.3) is 0 Å². The van der Waals surface area contributed by atoms with Crippen LogP contribution in [0.4, 0.5) is 0 Å². The van der Waals surface area contributed by atoms with E-state index in [1.807, 2.05) is 36.4 Å². The molecule has 5 rings (SSSR count). The Morgan fingerprint density at radius 3 is 1.98 bits per heavy atom. The van der Waals surface area contributed by atoms with E-state index < -0.39 is 24.1 Å². The van der Waals surface area contributed by atoms with Gasteiger partial charge in [-0.3, -0.25) is 0 Å². The minimum Gasteiger partial charge on any atom is -0.454 e. The van der Waals surface area contributed by atoms with Gasteiger partial charge in [0.2, 0.25) is 0 Å². The molecule has 40 heavy (non-hydrogen) atoms. The van der Waals surface area contributed by atoms with E-state index in [4.69, 9.17) is 9.47 Å². The van der Waals surface area contributed by atoms with Crippen molar-refractivity contribution in [3.05, 3.63) is 130 Å². The second kappa shape index (κ2) is 11.3. The van der Waals surface area contributed by atoms with Gasteiger partial charge in [0.25, 0.3) is 0 Å². The molecule has 0 N–H and O–H groups in total. The summed E-state index contributed by atoms with van der Waals surface area (Å²) < 4.78 is 12.8. The monoisotopic (exact) mass is 534 g/mol. The molecule has 0 aliphatic heterocycles. The van der Waals surface area contributed by atoms with Crippen LogP contribution >= 0.6 is 0 Å². The SMILES string of the molecule is CC1=CCC2(C)C(C)C(OC(=O)c3ccccc3)C(OC(=O)c3ccccc3)C(c3cc(C)ccc3C)C2C=C1. The summed E-state index contributed by atoms with van der Waals surface area (Å²) in [6, 6.07) is 24.5. The van der Waals surface area contributed by atoms with Crippen LogP contribution in [-0.2, 0) is 9.47 Å². The first-order chi connectivity index (χ1) is 19.2. The summed E-state index contributed by atoms with van der Waals surface area (Å²) in [5, 5.41) is 0. The van der Waals surface area contributed by atoms with Gasteiger partial charge in [0.05, 0.1) is 11.1 Å². The van der Waals surface area contributed by atoms with Crippen molar-refractivity contribution < 1.29 is 19.1 Å². The highest BCUT2D eigenvalue weighted by Gasteiger charge is 2.58. The highest BCUT2D eigenvalue weighted by atomic mass is 16.6. The maximum absolute atomic E-state index is 13.6. The van der Waals surface area contributed by atoms with Crippen LogP contribution in [-0.4, -0.2) is 24.1 Å². The molecule has 0 amide bonds. The summed E-state index contributed by atoms with van der Waals surface area (Å²) >= 11 is 0. The minimum absolute atomic E-state index is 0.0527. The summed E-state index contributed by atoms with van der Waals surface area (Å²) in [6.45, 7) is 10.7. The Morgan fingerprint density at radius 1 is 0.800 bits per heavy atom. The highest BCUT2D eigenvalue weighted by molar-refractivity contribution is 5.90. The molecule has 1 fully saturated rings. The lowest BCUT2D eigenvalue weighted by Gasteiger charge is -2.55. The number of hydrogen-bond acceptors (Lipinski definition) is 4. The van der Waals surface area contributed by atoms with Crippen LogP contribution in [0.15, 0.2) is 103 Å². The van der Waals surface area contributed by atoms with E-state index in [9.17, 15) is 9.59 Å². The minimum atomic E-state index is -0.683. The first-order valence-corrected chi connectivity index (χ1v) is 14.1. The molecular weight excluding hydrogens is 496 g/mol. The van der Waals surface area contributed by atoms with E-state index in [0.29, 0.717) is 11.1 Å². The molecular formula is C36H38O4. The summed E-state index contributed by atoms with van der Waals surface area (Å²) in [7, 11) is 0. The van der Waals surface area contributed by atoms with Gasteiger partial charge < -0.3 is 9.47 Å². The number of allylic oxidation sites excluding steroid dienone is 4. The van der Waals surface area contributed by atoms with E-state index >= 15 is 0 Å². The fourth-order valence-corrected chi connectivity index (χ4v) is 6.48. The lowest BCUT2D eigenvalue weighted by molar-refractivity contribution is -0.133. The van der Waals surface area contributed by atoms with Crippen LogP contribution < -0.4 is 0 Å². The molecule has 0 aromatic heterocycles. The summed E-state index contributed by atoms with van der Waals surface area (Å²) in [5.74, 6) is -1.07. The van der Waals surface area contributed by atoms with Gasteiger partial charge in [-0.05, 0) is 73.9 Å². The van der Waals surface area contributed by atoms with Crippen molar-refractivity contribution in [3.8, 4) is 0 Å². The molecule has 6 unspecified atom stereocenters. The fourth-order valence-electron chi connectivity index (χ4n) is 6.48. The quantitative estimate of drug-likeness (QED) is 0.311. The van der Waals surface area contributed by atoms with Crippen molar-refractivity contribution >= 4 is 11.9 Å². The topological polar surface area (TPSA) is 52.6 Å². The van der Waals surface area contributed by atoms with Gasteiger partial charge in [0.15, 0.2) is 0 Å². The molecule has 3 aromatic carbocycles. The molecule has 0 heterocycles. The number of carbonyl (C=O) groups is 2. The van der Waals surface area contributed by atoms with Crippen LogP contribution in [0.5, 0.6) is 0 Å². The zero-order valence-electron chi connectivity index (χ0n) is 24.0. The normalized spacial score (nSPS) is 27.6. The Bertz CT molecular complexity index is 1440. The predicted molar refractivity (Wildman–Crippen MR) is 158 cm³/mol. The maximum atomic E-state index is 13.6. The first-order valence-electron chi connectivity index (χ1n) is 14.1. The fraction of sp³-hybridized carbons (Fsp3) is 0.333. The maximum Gasteiger partial charge on any atom is 0.338 e. The van der Waals surface area contributed by atoms with E-state index in [-0.39, 0.29) is 23.2 Å². The number of fused-ring (bicyclic) bond motifs is 1. The van der Waals surface area contributed by atoms with Crippen LogP contribution in [0.2, 0.25) is 0 Å². The van der Waals surface area contributed by atoms with Crippen molar-refractivity contribution in [2.45, 2.75) is 59.2 Å². The van der Waals surface area contributed by atoms with E-state index in [0.717, 1.165) is 23.1 Å². The van der Waals surface area contributed by atoms with Gasteiger partial charge >= 0.3 is 11.9 Å². The lowest BCUT2D eigenvalue weighted by Crippen LogP contribution is -2.58. The van der Waals surface area contributed by atoms with Crippen LogP contribution in [0.1, 0.15) is 70.5 Å². The molecule has 6 atom stereocenters. The van der Waals surface area contributed by atoms with Gasteiger partial charge in [-0.25, -0.2) is 9.59 Å². The third-order valence-corrected chi connectivity index (χ3v) is 9.09. The second-order valence-corrected chi connectivity index (χ2v) is 11.7. The molecule has 1 saturated carbocycles. The van der Waals surface area contributed by atoms with E-state index in [1.54, 1.807) is 24.3 Å². The Kier molecular flexibility index (Phi) is 7.80. The number of carbonyl (C=O) groups excluding carboxylic acids is 2. The van der Waals surface area contributed by atoms with Crippen molar-refractivity contribution in [2.75, 3.05) is 0 Å². The summed E-state index contributed by atoms with van der Waals surface area (Å²) in [6.07, 6.45) is 6.26. The number of aryl methyl sites for hydroxylation is 2.